The molecule has 1 heterocycles. The number of hydrogen-bond donors (Lipinski definition) is 0. The van der Waals surface area contributed by atoms with E-state index in [1.54, 1.807) is 6.20 Å². The molecule has 82 valence electrons. The fraction of sp³-hybridized carbons (Fsp3) is 0.636. The molecule has 0 aromatic carbocycles. The SMILES string of the molecule is CN(c1cccnn1)C1CCCCC1Cl. The highest BCUT2D eigenvalue weighted by molar-refractivity contribution is 6.21. The molecule has 1 aromatic rings. The zero-order chi connectivity index (χ0) is 10.7. The van der Waals surface area contributed by atoms with E-state index < -0.39 is 0 Å². The lowest BCUT2D eigenvalue weighted by atomic mass is 9.94. The zero-order valence-corrected chi connectivity index (χ0v) is 9.69. The summed E-state index contributed by atoms with van der Waals surface area (Å²) < 4.78 is 0. The van der Waals surface area contributed by atoms with E-state index in [0.29, 0.717) is 6.04 Å². The summed E-state index contributed by atoms with van der Waals surface area (Å²) in [6.07, 6.45) is 6.46. The fourth-order valence-corrected chi connectivity index (χ4v) is 2.60. The minimum Gasteiger partial charge on any atom is -0.354 e. The summed E-state index contributed by atoms with van der Waals surface area (Å²) in [6.45, 7) is 0. The molecule has 0 bridgehead atoms. The van der Waals surface area contributed by atoms with Gasteiger partial charge in [-0.05, 0) is 25.0 Å². The van der Waals surface area contributed by atoms with Crippen molar-refractivity contribution in [3.8, 4) is 0 Å². The van der Waals surface area contributed by atoms with E-state index in [4.69, 9.17) is 11.6 Å². The van der Waals surface area contributed by atoms with E-state index in [2.05, 4.69) is 22.1 Å². The van der Waals surface area contributed by atoms with E-state index in [9.17, 15) is 0 Å². The Bertz CT molecular complexity index is 304. The van der Waals surface area contributed by atoms with Crippen molar-refractivity contribution in [1.82, 2.24) is 10.2 Å². The van der Waals surface area contributed by atoms with Crippen LogP contribution in [-0.4, -0.2) is 28.7 Å². The van der Waals surface area contributed by atoms with E-state index in [-0.39, 0.29) is 5.38 Å². The van der Waals surface area contributed by atoms with Gasteiger partial charge in [0.05, 0.1) is 5.38 Å². The van der Waals surface area contributed by atoms with Gasteiger partial charge in [0.1, 0.15) is 0 Å². The van der Waals surface area contributed by atoms with Gasteiger partial charge in [0.15, 0.2) is 5.82 Å². The molecule has 0 saturated heterocycles. The van der Waals surface area contributed by atoms with Crippen LogP contribution in [0.3, 0.4) is 0 Å². The number of aromatic nitrogens is 2. The van der Waals surface area contributed by atoms with E-state index in [1.807, 2.05) is 12.1 Å². The van der Waals surface area contributed by atoms with Crippen molar-refractivity contribution in [3.63, 3.8) is 0 Å². The van der Waals surface area contributed by atoms with Crippen LogP contribution in [0.25, 0.3) is 0 Å². The average Bonchev–Trinajstić information content (AvgIpc) is 2.30. The minimum atomic E-state index is 0.241. The first-order chi connectivity index (χ1) is 7.29. The normalized spacial score (nSPS) is 26.3. The molecule has 1 saturated carbocycles. The first-order valence-corrected chi connectivity index (χ1v) is 5.87. The Labute approximate surface area is 95.5 Å². The number of halogens is 1. The summed E-state index contributed by atoms with van der Waals surface area (Å²) >= 11 is 6.34. The Kier molecular flexibility index (Phi) is 3.41. The van der Waals surface area contributed by atoms with Crippen LogP contribution in [0.1, 0.15) is 25.7 Å². The molecule has 2 atom stereocenters. The summed E-state index contributed by atoms with van der Waals surface area (Å²) in [6, 6.07) is 4.29. The van der Waals surface area contributed by atoms with Gasteiger partial charge in [0.25, 0.3) is 0 Å². The molecule has 1 aliphatic carbocycles. The van der Waals surface area contributed by atoms with Crippen molar-refractivity contribution in [2.45, 2.75) is 37.1 Å². The van der Waals surface area contributed by atoms with Crippen LogP contribution in [0, 0.1) is 0 Å². The highest BCUT2D eigenvalue weighted by Gasteiger charge is 2.27. The van der Waals surface area contributed by atoms with Gasteiger partial charge in [-0.3, -0.25) is 0 Å². The van der Waals surface area contributed by atoms with Gasteiger partial charge in [-0.1, -0.05) is 12.8 Å². The summed E-state index contributed by atoms with van der Waals surface area (Å²) in [5.74, 6) is 0.912. The monoisotopic (exact) mass is 225 g/mol. The predicted molar refractivity (Wildman–Crippen MR) is 62.3 cm³/mol. The van der Waals surface area contributed by atoms with Gasteiger partial charge in [-0.15, -0.1) is 16.7 Å². The molecular weight excluding hydrogens is 210 g/mol. The maximum absolute atomic E-state index is 6.34. The molecule has 0 N–H and O–H groups in total. The summed E-state index contributed by atoms with van der Waals surface area (Å²) in [5.41, 5.74) is 0. The molecule has 0 radical (unpaired) electrons. The number of rotatable bonds is 2. The number of nitrogens with zero attached hydrogens (tertiary/aromatic N) is 3. The molecule has 2 rings (SSSR count). The van der Waals surface area contributed by atoms with Crippen LogP contribution in [0.2, 0.25) is 0 Å². The molecule has 15 heavy (non-hydrogen) atoms. The summed E-state index contributed by atoms with van der Waals surface area (Å²) in [4.78, 5) is 2.16. The molecule has 4 heteroatoms. The van der Waals surface area contributed by atoms with Crippen LogP contribution in [0.5, 0.6) is 0 Å². The largest absolute Gasteiger partial charge is 0.354 e. The molecule has 1 aliphatic rings. The highest BCUT2D eigenvalue weighted by atomic mass is 35.5. The molecule has 0 amide bonds. The Hall–Kier alpha value is -0.830. The molecule has 3 nitrogen and oxygen atoms in total. The topological polar surface area (TPSA) is 29.0 Å². The lowest BCUT2D eigenvalue weighted by Gasteiger charge is -2.35. The molecule has 0 spiro atoms. The predicted octanol–water partition coefficient (Wildman–Crippen LogP) is 2.46. The number of hydrogen-bond acceptors (Lipinski definition) is 3. The second kappa shape index (κ2) is 4.79. The summed E-state index contributed by atoms with van der Waals surface area (Å²) in [7, 11) is 2.05. The minimum absolute atomic E-state index is 0.241. The number of anilines is 1. The van der Waals surface area contributed by atoms with Gasteiger partial charge >= 0.3 is 0 Å². The molecule has 0 aliphatic heterocycles. The standard InChI is InChI=1S/C11H16ClN3/c1-15(11-7-4-8-13-14-11)10-6-3-2-5-9(10)12/h4,7-10H,2-3,5-6H2,1H3. The first-order valence-electron chi connectivity index (χ1n) is 5.43. The Morgan fingerprint density at radius 2 is 2.20 bits per heavy atom. The Morgan fingerprint density at radius 1 is 1.40 bits per heavy atom. The van der Waals surface area contributed by atoms with Crippen molar-refractivity contribution in [1.29, 1.82) is 0 Å². The highest BCUT2D eigenvalue weighted by Crippen LogP contribution is 2.28. The summed E-state index contributed by atoms with van der Waals surface area (Å²) in [5, 5.41) is 8.24. The fourth-order valence-electron chi connectivity index (χ4n) is 2.15. The van der Waals surface area contributed by atoms with Gasteiger partial charge in [0.2, 0.25) is 0 Å². The molecule has 2 unspecified atom stereocenters. The van der Waals surface area contributed by atoms with Gasteiger partial charge < -0.3 is 4.90 Å². The lowest BCUT2D eigenvalue weighted by molar-refractivity contribution is 0.432. The van der Waals surface area contributed by atoms with Crippen LogP contribution in [0.4, 0.5) is 5.82 Å². The maximum atomic E-state index is 6.34. The van der Waals surface area contributed by atoms with Crippen molar-refractivity contribution in [2.24, 2.45) is 0 Å². The van der Waals surface area contributed by atoms with Gasteiger partial charge in [-0.25, -0.2) is 0 Å². The van der Waals surface area contributed by atoms with Crippen molar-refractivity contribution in [2.75, 3.05) is 11.9 Å². The van der Waals surface area contributed by atoms with Crippen molar-refractivity contribution in [3.05, 3.63) is 18.3 Å². The smallest absolute Gasteiger partial charge is 0.151 e. The van der Waals surface area contributed by atoms with Crippen LogP contribution in [0.15, 0.2) is 18.3 Å². The first kappa shape index (κ1) is 10.7. The molecule has 1 aromatic heterocycles. The second-order valence-corrected chi connectivity index (χ2v) is 4.62. The lowest BCUT2D eigenvalue weighted by Crippen LogP contribution is -2.41. The van der Waals surface area contributed by atoms with Crippen LogP contribution >= 0.6 is 11.6 Å². The Balaban J connectivity index is 2.09. The van der Waals surface area contributed by atoms with E-state index in [1.165, 1.54) is 12.8 Å². The third kappa shape index (κ3) is 2.40. The molecular formula is C11H16ClN3. The third-order valence-electron chi connectivity index (χ3n) is 3.06. The van der Waals surface area contributed by atoms with Gasteiger partial charge in [-0.2, -0.15) is 5.10 Å². The van der Waals surface area contributed by atoms with Crippen LogP contribution in [-0.2, 0) is 0 Å². The maximum Gasteiger partial charge on any atom is 0.151 e. The zero-order valence-electron chi connectivity index (χ0n) is 8.93. The second-order valence-electron chi connectivity index (χ2n) is 4.06. The molecule has 1 fully saturated rings. The average molecular weight is 226 g/mol. The van der Waals surface area contributed by atoms with E-state index in [0.717, 1.165) is 18.7 Å². The quantitative estimate of drug-likeness (QED) is 0.725. The Morgan fingerprint density at radius 3 is 2.87 bits per heavy atom. The van der Waals surface area contributed by atoms with E-state index >= 15 is 0 Å². The number of alkyl halides is 1. The third-order valence-corrected chi connectivity index (χ3v) is 3.57. The van der Waals surface area contributed by atoms with Gasteiger partial charge in [0, 0.05) is 19.3 Å². The van der Waals surface area contributed by atoms with Crippen molar-refractivity contribution >= 4 is 17.4 Å². The van der Waals surface area contributed by atoms with Crippen molar-refractivity contribution < 1.29 is 0 Å². The van der Waals surface area contributed by atoms with Crippen LogP contribution < -0.4 is 4.90 Å².